The van der Waals surface area contributed by atoms with E-state index in [-0.39, 0.29) is 10.9 Å². The van der Waals surface area contributed by atoms with Crippen LogP contribution in [-0.4, -0.2) is 16.4 Å². The third-order valence-electron chi connectivity index (χ3n) is 1.92. The lowest BCUT2D eigenvalue weighted by atomic mass is 10.1. The molecule has 0 atom stereocenters. The molecule has 2 N–H and O–H groups in total. The van der Waals surface area contributed by atoms with E-state index in [0.29, 0.717) is 11.8 Å². The van der Waals surface area contributed by atoms with E-state index in [9.17, 15) is 9.18 Å². The van der Waals surface area contributed by atoms with E-state index in [2.05, 4.69) is 4.98 Å². The van der Waals surface area contributed by atoms with E-state index in [4.69, 9.17) is 5.11 Å². The van der Waals surface area contributed by atoms with E-state index >= 15 is 0 Å². The van der Waals surface area contributed by atoms with E-state index < -0.39 is 11.6 Å². The third kappa shape index (κ3) is 0.989. The first-order valence-electron chi connectivity index (χ1n) is 3.68. The maximum Gasteiger partial charge on any atom is 0.174 e. The highest BCUT2D eigenvalue weighted by molar-refractivity contribution is 5.98. The summed E-state index contributed by atoms with van der Waals surface area (Å²) in [6.45, 7) is 0. The number of aromatic nitrogens is 1. The van der Waals surface area contributed by atoms with Crippen molar-refractivity contribution in [3.05, 3.63) is 29.7 Å². The summed E-state index contributed by atoms with van der Waals surface area (Å²) in [5.74, 6) is -1.21. The molecule has 0 aliphatic heterocycles. The predicted octanol–water partition coefficient (Wildman–Crippen LogP) is 1.83. The molecule has 2 rings (SSSR count). The van der Waals surface area contributed by atoms with Gasteiger partial charge in [0.25, 0.3) is 0 Å². The van der Waals surface area contributed by atoms with Gasteiger partial charge in [0.15, 0.2) is 17.9 Å². The first-order valence-corrected chi connectivity index (χ1v) is 3.68. The SMILES string of the molecule is O=Cc1c[nH]c2ccc(O)c(F)c12. The van der Waals surface area contributed by atoms with Gasteiger partial charge in [-0.05, 0) is 12.1 Å². The van der Waals surface area contributed by atoms with Crippen molar-refractivity contribution in [3.63, 3.8) is 0 Å². The molecule has 0 saturated carbocycles. The molecule has 0 saturated heterocycles. The Kier molecular flexibility index (Phi) is 1.55. The number of rotatable bonds is 1. The van der Waals surface area contributed by atoms with Crippen molar-refractivity contribution in [1.82, 2.24) is 4.98 Å². The zero-order valence-electron chi connectivity index (χ0n) is 6.54. The van der Waals surface area contributed by atoms with Gasteiger partial charge in [0.2, 0.25) is 0 Å². The second kappa shape index (κ2) is 2.58. The molecule has 1 aromatic carbocycles. The van der Waals surface area contributed by atoms with E-state index in [0.717, 1.165) is 0 Å². The minimum atomic E-state index is -0.763. The highest BCUT2D eigenvalue weighted by Crippen LogP contribution is 2.26. The number of aromatic hydroxyl groups is 1. The van der Waals surface area contributed by atoms with Crippen LogP contribution < -0.4 is 0 Å². The Morgan fingerprint density at radius 1 is 1.46 bits per heavy atom. The fraction of sp³-hybridized carbons (Fsp3) is 0. The number of hydrogen-bond donors (Lipinski definition) is 2. The number of H-pyrrole nitrogens is 1. The van der Waals surface area contributed by atoms with Crippen LogP contribution in [0.4, 0.5) is 4.39 Å². The summed E-state index contributed by atoms with van der Waals surface area (Å²) in [6, 6.07) is 2.75. The molecule has 0 aliphatic carbocycles. The average Bonchev–Trinajstić information content (AvgIpc) is 2.55. The van der Waals surface area contributed by atoms with Gasteiger partial charge in [-0.25, -0.2) is 4.39 Å². The minimum absolute atomic E-state index is 0.134. The molecular formula is C9H6FNO2. The number of fused-ring (bicyclic) bond motifs is 1. The molecule has 0 amide bonds. The lowest BCUT2D eigenvalue weighted by Crippen LogP contribution is -1.81. The van der Waals surface area contributed by atoms with Crippen LogP contribution in [0.5, 0.6) is 5.75 Å². The van der Waals surface area contributed by atoms with Crippen LogP contribution in [0, 0.1) is 5.82 Å². The van der Waals surface area contributed by atoms with Gasteiger partial charge in [0.1, 0.15) is 0 Å². The summed E-state index contributed by atoms with van der Waals surface area (Å²) < 4.78 is 13.3. The minimum Gasteiger partial charge on any atom is -0.505 e. The molecular weight excluding hydrogens is 173 g/mol. The van der Waals surface area contributed by atoms with Gasteiger partial charge in [-0.15, -0.1) is 0 Å². The fourth-order valence-corrected chi connectivity index (χ4v) is 1.29. The zero-order valence-corrected chi connectivity index (χ0v) is 6.54. The van der Waals surface area contributed by atoms with Crippen molar-refractivity contribution in [3.8, 4) is 5.75 Å². The van der Waals surface area contributed by atoms with Crippen LogP contribution in [0.25, 0.3) is 10.9 Å². The first kappa shape index (κ1) is 7.79. The van der Waals surface area contributed by atoms with Crippen molar-refractivity contribution in [2.45, 2.75) is 0 Å². The molecule has 13 heavy (non-hydrogen) atoms. The standard InChI is InChI=1S/C9H6FNO2/c10-9-7(13)2-1-6-8(9)5(4-12)3-11-6/h1-4,11,13H. The van der Waals surface area contributed by atoms with Gasteiger partial charge >= 0.3 is 0 Å². The second-order valence-corrected chi connectivity index (χ2v) is 2.68. The Morgan fingerprint density at radius 3 is 2.92 bits per heavy atom. The van der Waals surface area contributed by atoms with Crippen LogP contribution in [0.3, 0.4) is 0 Å². The number of nitrogens with one attached hydrogen (secondary N) is 1. The van der Waals surface area contributed by atoms with Crippen LogP contribution in [0.2, 0.25) is 0 Å². The van der Waals surface area contributed by atoms with Crippen LogP contribution in [0.1, 0.15) is 10.4 Å². The number of halogens is 1. The van der Waals surface area contributed by atoms with Crippen molar-refractivity contribution in [2.75, 3.05) is 0 Å². The summed E-state index contributed by atoms with van der Waals surface area (Å²) in [4.78, 5) is 13.2. The van der Waals surface area contributed by atoms with Crippen molar-refractivity contribution in [1.29, 1.82) is 0 Å². The molecule has 0 fully saturated rings. The maximum absolute atomic E-state index is 13.3. The van der Waals surface area contributed by atoms with E-state index in [1.165, 1.54) is 18.3 Å². The zero-order chi connectivity index (χ0) is 9.42. The number of aromatic amines is 1. The average molecular weight is 179 g/mol. The summed E-state index contributed by atoms with van der Waals surface area (Å²) >= 11 is 0. The van der Waals surface area contributed by atoms with Crippen molar-refractivity contribution < 1.29 is 14.3 Å². The number of aldehydes is 1. The summed E-state index contributed by atoms with van der Waals surface area (Å²) in [6.07, 6.45) is 1.95. The lowest BCUT2D eigenvalue weighted by molar-refractivity contribution is 0.112. The van der Waals surface area contributed by atoms with Crippen LogP contribution in [0.15, 0.2) is 18.3 Å². The fourth-order valence-electron chi connectivity index (χ4n) is 1.29. The van der Waals surface area contributed by atoms with Gasteiger partial charge in [-0.3, -0.25) is 4.79 Å². The first-order chi connectivity index (χ1) is 6.24. The molecule has 0 bridgehead atoms. The van der Waals surface area contributed by atoms with Gasteiger partial charge in [-0.2, -0.15) is 0 Å². The van der Waals surface area contributed by atoms with Crippen molar-refractivity contribution in [2.24, 2.45) is 0 Å². The number of benzene rings is 1. The quantitative estimate of drug-likeness (QED) is 0.656. The Bertz CT molecular complexity index is 476. The number of phenolic OH excluding ortho intramolecular Hbond substituents is 1. The van der Waals surface area contributed by atoms with Gasteiger partial charge in [-0.1, -0.05) is 0 Å². The number of phenols is 1. The summed E-state index contributed by atoms with van der Waals surface area (Å²) in [5.41, 5.74) is 0.709. The molecule has 2 aromatic rings. The van der Waals surface area contributed by atoms with E-state index in [1.54, 1.807) is 0 Å². The third-order valence-corrected chi connectivity index (χ3v) is 1.92. The topological polar surface area (TPSA) is 53.1 Å². The predicted molar refractivity (Wildman–Crippen MR) is 45.3 cm³/mol. The van der Waals surface area contributed by atoms with Crippen LogP contribution in [-0.2, 0) is 0 Å². The maximum atomic E-state index is 13.3. The lowest BCUT2D eigenvalue weighted by Gasteiger charge is -1.96. The second-order valence-electron chi connectivity index (χ2n) is 2.68. The number of carbonyl (C=O) groups excluding carboxylic acids is 1. The Balaban J connectivity index is 2.93. The molecule has 66 valence electrons. The Hall–Kier alpha value is -1.84. The van der Waals surface area contributed by atoms with Crippen molar-refractivity contribution >= 4 is 17.2 Å². The molecule has 0 aliphatic rings. The number of carbonyl (C=O) groups is 1. The highest BCUT2D eigenvalue weighted by atomic mass is 19.1. The van der Waals surface area contributed by atoms with Crippen LogP contribution >= 0.6 is 0 Å². The number of hydrogen-bond acceptors (Lipinski definition) is 2. The molecule has 1 heterocycles. The van der Waals surface area contributed by atoms with E-state index in [1.807, 2.05) is 0 Å². The molecule has 0 spiro atoms. The molecule has 1 aromatic heterocycles. The Labute approximate surface area is 72.8 Å². The summed E-state index contributed by atoms with van der Waals surface area (Å²) in [7, 11) is 0. The summed E-state index contributed by atoms with van der Waals surface area (Å²) in [5, 5.41) is 9.19. The molecule has 4 heteroatoms. The highest BCUT2D eigenvalue weighted by Gasteiger charge is 2.11. The van der Waals surface area contributed by atoms with Gasteiger partial charge in [0, 0.05) is 22.7 Å². The largest absolute Gasteiger partial charge is 0.505 e. The van der Waals surface area contributed by atoms with Gasteiger partial charge < -0.3 is 10.1 Å². The monoisotopic (exact) mass is 179 g/mol. The molecule has 0 radical (unpaired) electrons. The molecule has 3 nitrogen and oxygen atoms in total. The molecule has 0 unspecified atom stereocenters. The normalized spacial score (nSPS) is 10.5. The Morgan fingerprint density at radius 2 is 2.23 bits per heavy atom. The smallest absolute Gasteiger partial charge is 0.174 e. The van der Waals surface area contributed by atoms with Gasteiger partial charge in [0.05, 0.1) is 0 Å².